The second kappa shape index (κ2) is 8.22. The van der Waals surface area contributed by atoms with E-state index in [2.05, 4.69) is 20.6 Å². The monoisotopic (exact) mass is 437 g/mol. The number of hydrogen-bond donors (Lipinski definition) is 2. The zero-order chi connectivity index (χ0) is 22.3. The van der Waals surface area contributed by atoms with Crippen molar-refractivity contribution in [1.82, 2.24) is 9.97 Å². The van der Waals surface area contributed by atoms with Gasteiger partial charge in [0, 0.05) is 19.2 Å². The van der Waals surface area contributed by atoms with Gasteiger partial charge in [0.25, 0.3) is 0 Å². The average molecular weight is 437 g/mol. The number of aryl methyl sites for hydroxylation is 1. The second-order valence-electron chi connectivity index (χ2n) is 7.65. The second-order valence-corrected chi connectivity index (χ2v) is 7.65. The number of carbonyl (C=O) groups is 1. The highest BCUT2D eigenvalue weighted by atomic mass is 19.2. The Balaban J connectivity index is 1.37. The van der Waals surface area contributed by atoms with Crippen LogP contribution in [-0.4, -0.2) is 54.3 Å². The summed E-state index contributed by atoms with van der Waals surface area (Å²) in [6.07, 6.45) is 0.226. The van der Waals surface area contributed by atoms with Gasteiger partial charge < -0.3 is 25.0 Å². The largest absolute Gasteiger partial charge is 0.491 e. The molecule has 0 spiro atoms. The van der Waals surface area contributed by atoms with Crippen LogP contribution in [0.2, 0.25) is 0 Å². The van der Waals surface area contributed by atoms with Crippen molar-refractivity contribution in [2.75, 3.05) is 35.8 Å². The van der Waals surface area contributed by atoms with Gasteiger partial charge in [-0.15, -0.1) is 0 Å². The maximum absolute atomic E-state index is 13.3. The molecular weight excluding hydrogens is 415 g/mol. The van der Waals surface area contributed by atoms with Crippen molar-refractivity contribution in [2.45, 2.75) is 38.5 Å². The van der Waals surface area contributed by atoms with Gasteiger partial charge in [0.15, 0.2) is 23.3 Å². The van der Waals surface area contributed by atoms with Gasteiger partial charge in [0.2, 0.25) is 11.9 Å². The molecule has 1 aromatic heterocycles. The van der Waals surface area contributed by atoms with Gasteiger partial charge in [0.05, 0.1) is 24.4 Å². The highest BCUT2D eigenvalue weighted by molar-refractivity contribution is 6.03. The molecule has 3 heterocycles. The van der Waals surface area contributed by atoms with Crippen LogP contribution in [0.1, 0.15) is 19.0 Å². The highest BCUT2D eigenvalue weighted by Crippen LogP contribution is 2.32. The summed E-state index contributed by atoms with van der Waals surface area (Å²) in [7, 11) is 1.80. The third-order valence-corrected chi connectivity index (χ3v) is 5.42. The molecule has 4 rings (SSSR count). The molecule has 2 N–H and O–H groups in total. The minimum Gasteiger partial charge on any atom is -0.491 e. The lowest BCUT2D eigenvalue weighted by Crippen LogP contribution is -2.45. The van der Waals surface area contributed by atoms with Crippen molar-refractivity contribution in [3.05, 3.63) is 35.3 Å². The van der Waals surface area contributed by atoms with Crippen LogP contribution >= 0.6 is 0 Å². The number of halogens is 3. The Kier molecular flexibility index (Phi) is 5.61. The number of benzene rings is 1. The zero-order valence-electron chi connectivity index (χ0n) is 17.2. The van der Waals surface area contributed by atoms with E-state index in [1.54, 1.807) is 25.8 Å². The minimum atomic E-state index is -1.53. The fraction of sp³-hybridized carbons (Fsp3) is 0.450. The van der Waals surface area contributed by atoms with E-state index >= 15 is 0 Å². The number of likely N-dealkylation sites (N-methyl/N-ethyl adjacent to an activating group) is 1. The predicted octanol–water partition coefficient (Wildman–Crippen LogP) is 2.63. The number of amides is 1. The molecule has 31 heavy (non-hydrogen) atoms. The van der Waals surface area contributed by atoms with Crippen LogP contribution in [0.4, 0.5) is 30.6 Å². The molecule has 2 aliphatic rings. The van der Waals surface area contributed by atoms with Crippen molar-refractivity contribution in [1.29, 1.82) is 0 Å². The van der Waals surface area contributed by atoms with Crippen LogP contribution < -0.4 is 20.3 Å². The Bertz CT molecular complexity index is 999. The van der Waals surface area contributed by atoms with Gasteiger partial charge in [-0.1, -0.05) is 0 Å². The van der Waals surface area contributed by atoms with Crippen LogP contribution in [-0.2, 0) is 9.53 Å². The first kappa shape index (κ1) is 21.2. The molecule has 3 atom stereocenters. The first-order valence-electron chi connectivity index (χ1n) is 9.80. The summed E-state index contributed by atoms with van der Waals surface area (Å²) in [5.74, 6) is -3.34. The molecular formula is C20H22F3N5O3. The molecule has 0 radical (unpaired) electrons. The normalized spacial score (nSPS) is 22.8. The lowest BCUT2D eigenvalue weighted by molar-refractivity contribution is -0.117. The Labute approximate surface area is 176 Å². The molecule has 1 unspecified atom stereocenters. The summed E-state index contributed by atoms with van der Waals surface area (Å²) in [5, 5.41) is 6.05. The Morgan fingerprint density at radius 1 is 1.29 bits per heavy atom. The number of carbonyl (C=O) groups excluding carboxylic acids is 1. The fourth-order valence-electron chi connectivity index (χ4n) is 3.52. The smallest absolute Gasteiger partial charge is 0.246 e. The van der Waals surface area contributed by atoms with E-state index in [1.165, 1.54) is 0 Å². The standard InChI is InChI=1S/C20H22F3N5O3/c1-9-17-18(28(3)10(2)19(29)26-17)27-20(24-9)25-11-4-13(30-7-11)8-31-12-5-14(21)16(23)15(22)6-12/h5-6,10-11,13H,4,7-8H2,1-3H3,(H,26,29)(H,24,25,27)/t10-,11+,13?/m0/s1. The van der Waals surface area contributed by atoms with E-state index in [1.807, 2.05) is 0 Å². The molecule has 2 aromatic rings. The zero-order valence-corrected chi connectivity index (χ0v) is 17.2. The van der Waals surface area contributed by atoms with E-state index in [0.29, 0.717) is 36.2 Å². The van der Waals surface area contributed by atoms with E-state index in [4.69, 9.17) is 9.47 Å². The van der Waals surface area contributed by atoms with Crippen molar-refractivity contribution >= 4 is 23.4 Å². The maximum atomic E-state index is 13.3. The first-order valence-corrected chi connectivity index (χ1v) is 9.80. The molecule has 0 saturated carbocycles. The number of nitrogens with zero attached hydrogens (tertiary/aromatic N) is 3. The van der Waals surface area contributed by atoms with Crippen molar-refractivity contribution in [3.63, 3.8) is 0 Å². The Morgan fingerprint density at radius 3 is 2.71 bits per heavy atom. The number of fused-ring (bicyclic) bond motifs is 1. The molecule has 1 saturated heterocycles. The van der Waals surface area contributed by atoms with Gasteiger partial charge in [0.1, 0.15) is 24.1 Å². The summed E-state index contributed by atoms with van der Waals surface area (Å²) in [6, 6.07) is 1.13. The summed E-state index contributed by atoms with van der Waals surface area (Å²) in [4.78, 5) is 22.8. The van der Waals surface area contributed by atoms with Gasteiger partial charge >= 0.3 is 0 Å². The maximum Gasteiger partial charge on any atom is 0.246 e. The van der Waals surface area contributed by atoms with E-state index in [-0.39, 0.29) is 36.5 Å². The van der Waals surface area contributed by atoms with E-state index in [9.17, 15) is 18.0 Å². The lowest BCUT2D eigenvalue weighted by atomic mass is 10.1. The topological polar surface area (TPSA) is 88.6 Å². The van der Waals surface area contributed by atoms with E-state index in [0.717, 1.165) is 12.1 Å². The van der Waals surface area contributed by atoms with Crippen LogP contribution in [0, 0.1) is 24.4 Å². The molecule has 8 nitrogen and oxygen atoms in total. The lowest BCUT2D eigenvalue weighted by Gasteiger charge is -2.32. The molecule has 11 heteroatoms. The number of aromatic nitrogens is 2. The summed E-state index contributed by atoms with van der Waals surface area (Å²) >= 11 is 0. The van der Waals surface area contributed by atoms with Crippen LogP contribution in [0.3, 0.4) is 0 Å². The predicted molar refractivity (Wildman–Crippen MR) is 107 cm³/mol. The number of anilines is 3. The molecule has 0 bridgehead atoms. The summed E-state index contributed by atoms with van der Waals surface area (Å²) in [5.41, 5.74) is 1.22. The van der Waals surface area contributed by atoms with Crippen molar-refractivity contribution in [2.24, 2.45) is 0 Å². The molecule has 166 valence electrons. The molecule has 2 aliphatic heterocycles. The Hall–Kier alpha value is -3.08. The molecule has 1 fully saturated rings. The average Bonchev–Trinajstić information content (AvgIpc) is 3.17. The Morgan fingerprint density at radius 2 is 2.00 bits per heavy atom. The van der Waals surface area contributed by atoms with Crippen LogP contribution in [0.15, 0.2) is 12.1 Å². The number of hydrogen-bond acceptors (Lipinski definition) is 7. The highest BCUT2D eigenvalue weighted by Gasteiger charge is 2.31. The van der Waals surface area contributed by atoms with Gasteiger partial charge in [-0.3, -0.25) is 4.79 Å². The minimum absolute atomic E-state index is 0.0546. The quantitative estimate of drug-likeness (QED) is 0.696. The van der Waals surface area contributed by atoms with Crippen LogP contribution in [0.5, 0.6) is 5.75 Å². The van der Waals surface area contributed by atoms with Crippen molar-refractivity contribution < 1.29 is 27.4 Å². The molecule has 1 aromatic carbocycles. The SMILES string of the molecule is Cc1nc(N[C@H]2COC(COc3cc(F)c(F)c(F)c3)C2)nc2c1NC(=O)[C@H](C)N2C. The van der Waals surface area contributed by atoms with Crippen LogP contribution in [0.25, 0.3) is 0 Å². The third kappa shape index (κ3) is 4.22. The number of rotatable bonds is 5. The number of ether oxygens (including phenoxy) is 2. The van der Waals surface area contributed by atoms with Crippen molar-refractivity contribution in [3.8, 4) is 5.75 Å². The fourth-order valence-corrected chi connectivity index (χ4v) is 3.52. The van der Waals surface area contributed by atoms with Gasteiger partial charge in [-0.25, -0.2) is 18.2 Å². The first-order chi connectivity index (χ1) is 14.7. The van der Waals surface area contributed by atoms with Gasteiger partial charge in [-0.2, -0.15) is 4.98 Å². The third-order valence-electron chi connectivity index (χ3n) is 5.42. The molecule has 0 aliphatic carbocycles. The van der Waals surface area contributed by atoms with Gasteiger partial charge in [-0.05, 0) is 20.3 Å². The summed E-state index contributed by atoms with van der Waals surface area (Å²) < 4.78 is 50.6. The van der Waals surface area contributed by atoms with E-state index < -0.39 is 17.5 Å². The number of nitrogens with one attached hydrogen (secondary N) is 2. The molecule has 1 amide bonds. The summed E-state index contributed by atoms with van der Waals surface area (Å²) in [6.45, 7) is 4.00.